The lowest BCUT2D eigenvalue weighted by molar-refractivity contribution is -0.132. The van der Waals surface area contributed by atoms with Crippen molar-refractivity contribution < 1.29 is 4.79 Å². The fourth-order valence-electron chi connectivity index (χ4n) is 2.43. The van der Waals surface area contributed by atoms with Gasteiger partial charge in [0, 0.05) is 12.8 Å². The molecule has 1 amide bonds. The van der Waals surface area contributed by atoms with Crippen molar-refractivity contribution in [2.75, 3.05) is 0 Å². The number of allylic oxidation sites excluding steroid dienone is 1. The molecule has 2 aromatic carbocycles. The van der Waals surface area contributed by atoms with Crippen LogP contribution in [0, 0.1) is 0 Å². The predicted molar refractivity (Wildman–Crippen MR) is 99.2 cm³/mol. The van der Waals surface area contributed by atoms with Crippen LogP contribution in [0.25, 0.3) is 6.08 Å². The first-order valence-corrected chi connectivity index (χ1v) is 8.42. The van der Waals surface area contributed by atoms with E-state index in [1.165, 1.54) is 5.01 Å². The Balaban J connectivity index is 1.75. The van der Waals surface area contributed by atoms with Gasteiger partial charge in [-0.3, -0.25) is 4.79 Å². The van der Waals surface area contributed by atoms with Crippen LogP contribution in [0.3, 0.4) is 0 Å². The number of halogens is 2. The van der Waals surface area contributed by atoms with E-state index in [0.29, 0.717) is 29.4 Å². The number of nitrogens with zero attached hydrogens (tertiary/aromatic N) is 2. The highest BCUT2D eigenvalue weighted by Crippen LogP contribution is 2.24. The van der Waals surface area contributed by atoms with Crippen LogP contribution < -0.4 is 0 Å². The van der Waals surface area contributed by atoms with Crippen molar-refractivity contribution >= 4 is 40.9 Å². The highest BCUT2D eigenvalue weighted by atomic mass is 35.5. The molecule has 3 nitrogen and oxygen atoms in total. The van der Waals surface area contributed by atoms with Gasteiger partial charge in [0.25, 0.3) is 0 Å². The number of carbonyl (C=O) groups is 1. The summed E-state index contributed by atoms with van der Waals surface area (Å²) in [5.41, 5.74) is 2.89. The Hall–Kier alpha value is -2.10. The van der Waals surface area contributed by atoms with Crippen molar-refractivity contribution in [2.24, 2.45) is 5.10 Å². The highest BCUT2D eigenvalue weighted by Gasteiger charge is 2.19. The molecule has 0 fully saturated rings. The summed E-state index contributed by atoms with van der Waals surface area (Å²) < 4.78 is 0. The molecule has 0 aliphatic carbocycles. The van der Waals surface area contributed by atoms with Crippen LogP contribution >= 0.6 is 23.2 Å². The first-order chi connectivity index (χ1) is 11.6. The van der Waals surface area contributed by atoms with Crippen molar-refractivity contribution in [3.63, 3.8) is 0 Å². The summed E-state index contributed by atoms with van der Waals surface area (Å²) >= 11 is 12.0. The van der Waals surface area contributed by atoms with Crippen LogP contribution in [-0.2, 0) is 11.3 Å². The molecule has 2 aromatic rings. The number of hydrazone groups is 1. The molecule has 5 heteroatoms. The Morgan fingerprint density at radius 2 is 1.79 bits per heavy atom. The number of hydrogen-bond acceptors (Lipinski definition) is 2. The molecule has 122 valence electrons. The van der Waals surface area contributed by atoms with Crippen LogP contribution in [0.2, 0.25) is 10.0 Å². The topological polar surface area (TPSA) is 32.7 Å². The fraction of sp³-hybridized carbons (Fsp3) is 0.158. The predicted octanol–water partition coefficient (Wildman–Crippen LogP) is 5.19. The number of amides is 1. The van der Waals surface area contributed by atoms with Gasteiger partial charge >= 0.3 is 0 Å². The molecule has 24 heavy (non-hydrogen) atoms. The molecule has 0 saturated heterocycles. The molecule has 0 radical (unpaired) electrons. The van der Waals surface area contributed by atoms with Crippen molar-refractivity contribution in [1.29, 1.82) is 0 Å². The molecule has 0 aromatic heterocycles. The summed E-state index contributed by atoms with van der Waals surface area (Å²) in [4.78, 5) is 12.1. The van der Waals surface area contributed by atoms with Gasteiger partial charge < -0.3 is 0 Å². The number of benzene rings is 2. The van der Waals surface area contributed by atoms with Gasteiger partial charge in [-0.05, 0) is 29.3 Å². The number of hydrogen-bond donors (Lipinski definition) is 0. The molecule has 1 aliphatic heterocycles. The highest BCUT2D eigenvalue weighted by molar-refractivity contribution is 6.42. The maximum atomic E-state index is 12.1. The van der Waals surface area contributed by atoms with E-state index in [1.807, 2.05) is 48.6 Å². The second-order valence-corrected chi connectivity index (χ2v) is 6.35. The van der Waals surface area contributed by atoms with Crippen LogP contribution in [0.15, 0.2) is 59.7 Å². The van der Waals surface area contributed by atoms with Crippen molar-refractivity contribution in [3.8, 4) is 0 Å². The van der Waals surface area contributed by atoms with Crippen molar-refractivity contribution in [2.45, 2.75) is 19.4 Å². The molecule has 0 bridgehead atoms. The SMILES string of the molecule is O=C1CCC(C=Cc2ccccc2)=NN1Cc1ccc(Cl)c(Cl)c1. The molecule has 1 heterocycles. The Bertz CT molecular complexity index is 800. The third-order valence-corrected chi connectivity index (χ3v) is 4.46. The van der Waals surface area contributed by atoms with Crippen LogP contribution in [0.1, 0.15) is 24.0 Å². The largest absolute Gasteiger partial charge is 0.273 e. The van der Waals surface area contributed by atoms with Crippen LogP contribution in [0.4, 0.5) is 0 Å². The molecule has 1 aliphatic rings. The monoisotopic (exact) mass is 358 g/mol. The molecule has 0 N–H and O–H groups in total. The zero-order chi connectivity index (χ0) is 16.9. The minimum absolute atomic E-state index is 0.0120. The average Bonchev–Trinajstić information content (AvgIpc) is 2.60. The lowest BCUT2D eigenvalue weighted by Crippen LogP contribution is -2.30. The molecule has 0 spiro atoms. The molecule has 0 atom stereocenters. The van der Waals surface area contributed by atoms with Gasteiger partial charge in [-0.1, -0.05) is 65.7 Å². The second-order valence-electron chi connectivity index (χ2n) is 5.54. The van der Waals surface area contributed by atoms with Gasteiger partial charge in [-0.2, -0.15) is 5.10 Å². The second kappa shape index (κ2) is 7.65. The zero-order valence-electron chi connectivity index (χ0n) is 13.0. The summed E-state index contributed by atoms with van der Waals surface area (Å²) in [7, 11) is 0. The first kappa shape index (κ1) is 16.7. The van der Waals surface area contributed by atoms with Gasteiger partial charge in [-0.15, -0.1) is 0 Å². The van der Waals surface area contributed by atoms with E-state index in [4.69, 9.17) is 23.2 Å². The maximum Gasteiger partial charge on any atom is 0.243 e. The quantitative estimate of drug-likeness (QED) is 0.740. The van der Waals surface area contributed by atoms with Gasteiger partial charge in [0.15, 0.2) is 0 Å². The Kier molecular flexibility index (Phi) is 5.34. The minimum atomic E-state index is 0.0120. The van der Waals surface area contributed by atoms with Crippen molar-refractivity contribution in [1.82, 2.24) is 5.01 Å². The number of rotatable bonds is 4. The maximum absolute atomic E-state index is 12.1. The van der Waals surface area contributed by atoms with Crippen molar-refractivity contribution in [3.05, 3.63) is 75.8 Å². The fourth-order valence-corrected chi connectivity index (χ4v) is 2.75. The van der Waals surface area contributed by atoms with Gasteiger partial charge in [0.05, 0.1) is 22.3 Å². The summed E-state index contributed by atoms with van der Waals surface area (Å²) in [6, 6.07) is 15.4. The van der Waals surface area contributed by atoms with Gasteiger partial charge in [-0.25, -0.2) is 5.01 Å². The molecular weight excluding hydrogens is 343 g/mol. The van der Waals surface area contributed by atoms with E-state index in [0.717, 1.165) is 16.8 Å². The normalized spacial score (nSPS) is 15.0. The molecule has 0 unspecified atom stereocenters. The average molecular weight is 359 g/mol. The van der Waals surface area contributed by atoms with E-state index in [-0.39, 0.29) is 5.91 Å². The number of carbonyl (C=O) groups excluding carboxylic acids is 1. The van der Waals surface area contributed by atoms with Crippen LogP contribution in [-0.4, -0.2) is 16.6 Å². The van der Waals surface area contributed by atoms with Gasteiger partial charge in [0.2, 0.25) is 5.91 Å². The van der Waals surface area contributed by atoms with E-state index in [9.17, 15) is 4.79 Å². The minimum Gasteiger partial charge on any atom is -0.273 e. The lowest BCUT2D eigenvalue weighted by atomic mass is 10.1. The Morgan fingerprint density at radius 1 is 1.00 bits per heavy atom. The smallest absolute Gasteiger partial charge is 0.243 e. The molecule has 0 saturated carbocycles. The third-order valence-electron chi connectivity index (χ3n) is 3.72. The first-order valence-electron chi connectivity index (χ1n) is 7.67. The van der Waals surface area contributed by atoms with E-state index in [2.05, 4.69) is 5.10 Å². The van der Waals surface area contributed by atoms with Gasteiger partial charge in [0.1, 0.15) is 0 Å². The molecular formula is C19H16Cl2N2O. The summed E-state index contributed by atoms with van der Waals surface area (Å²) in [6.07, 6.45) is 5.08. The van der Waals surface area contributed by atoms with E-state index < -0.39 is 0 Å². The standard InChI is InChI=1S/C19H16Cl2N2O/c20-17-10-7-15(12-18(17)21)13-23-19(24)11-9-16(22-23)8-6-14-4-2-1-3-5-14/h1-8,10,12H,9,11,13H2. The molecule has 3 rings (SSSR count). The summed E-state index contributed by atoms with van der Waals surface area (Å²) in [6.45, 7) is 0.387. The zero-order valence-corrected chi connectivity index (χ0v) is 14.5. The van der Waals surface area contributed by atoms with E-state index in [1.54, 1.807) is 12.1 Å². The summed E-state index contributed by atoms with van der Waals surface area (Å²) in [5, 5.41) is 6.94. The Labute approximate surface area is 151 Å². The lowest BCUT2D eigenvalue weighted by Gasteiger charge is -2.22. The third kappa shape index (κ3) is 4.25. The Morgan fingerprint density at radius 3 is 2.54 bits per heavy atom. The summed E-state index contributed by atoms with van der Waals surface area (Å²) in [5.74, 6) is 0.0120. The van der Waals surface area contributed by atoms with E-state index >= 15 is 0 Å². The van der Waals surface area contributed by atoms with Crippen LogP contribution in [0.5, 0.6) is 0 Å².